The van der Waals surface area contributed by atoms with Gasteiger partial charge in [0.1, 0.15) is 5.75 Å². The van der Waals surface area contributed by atoms with E-state index in [-0.39, 0.29) is 18.0 Å². The Morgan fingerprint density at radius 3 is 2.57 bits per heavy atom. The number of nitrogens with zero attached hydrogens (tertiary/aromatic N) is 2. The standard InChI is InChI=1S/C15H16N2O4/c1-10(15(20)12-3-5-13(18)6-4-12)21-14(19)7-11-8-16-17(2)9-11/h3-6,8-10,18H,7H2,1-2H3. The molecule has 0 aliphatic rings. The van der Waals surface area contributed by atoms with Gasteiger partial charge >= 0.3 is 5.97 Å². The van der Waals surface area contributed by atoms with Crippen LogP contribution in [0.25, 0.3) is 0 Å². The lowest BCUT2D eigenvalue weighted by Crippen LogP contribution is -2.25. The third-order valence-electron chi connectivity index (χ3n) is 2.94. The third kappa shape index (κ3) is 3.92. The van der Waals surface area contributed by atoms with E-state index in [1.807, 2.05) is 0 Å². The van der Waals surface area contributed by atoms with Crippen LogP contribution in [-0.4, -0.2) is 32.7 Å². The van der Waals surface area contributed by atoms with Gasteiger partial charge in [0, 0.05) is 24.4 Å². The van der Waals surface area contributed by atoms with Crippen LogP contribution in [-0.2, 0) is 23.0 Å². The number of phenols is 1. The molecule has 0 spiro atoms. The molecule has 0 saturated heterocycles. The van der Waals surface area contributed by atoms with E-state index in [2.05, 4.69) is 5.10 Å². The average Bonchev–Trinajstić information content (AvgIpc) is 2.83. The summed E-state index contributed by atoms with van der Waals surface area (Å²) < 4.78 is 6.71. The number of benzene rings is 1. The van der Waals surface area contributed by atoms with E-state index in [4.69, 9.17) is 4.74 Å². The quantitative estimate of drug-likeness (QED) is 0.665. The first-order valence-corrected chi connectivity index (χ1v) is 6.46. The minimum Gasteiger partial charge on any atom is -0.508 e. The first-order chi connectivity index (χ1) is 9.95. The van der Waals surface area contributed by atoms with Gasteiger partial charge in [-0.3, -0.25) is 14.3 Å². The maximum Gasteiger partial charge on any atom is 0.311 e. The predicted molar refractivity (Wildman–Crippen MR) is 74.9 cm³/mol. The zero-order chi connectivity index (χ0) is 15.4. The zero-order valence-corrected chi connectivity index (χ0v) is 11.8. The molecule has 1 aromatic heterocycles. The van der Waals surface area contributed by atoms with Crippen LogP contribution >= 0.6 is 0 Å². The highest BCUT2D eigenvalue weighted by Gasteiger charge is 2.19. The number of aromatic hydroxyl groups is 1. The molecule has 0 radical (unpaired) electrons. The van der Waals surface area contributed by atoms with Crippen molar-refractivity contribution >= 4 is 11.8 Å². The molecule has 0 aliphatic heterocycles. The van der Waals surface area contributed by atoms with Crippen molar-refractivity contribution in [2.24, 2.45) is 7.05 Å². The van der Waals surface area contributed by atoms with Gasteiger partial charge < -0.3 is 9.84 Å². The van der Waals surface area contributed by atoms with Crippen LogP contribution in [0.4, 0.5) is 0 Å². The summed E-state index contributed by atoms with van der Waals surface area (Å²) in [6.45, 7) is 1.52. The highest BCUT2D eigenvalue weighted by Crippen LogP contribution is 2.13. The molecule has 0 saturated carbocycles. The summed E-state index contributed by atoms with van der Waals surface area (Å²) in [5, 5.41) is 13.1. The van der Waals surface area contributed by atoms with E-state index in [9.17, 15) is 14.7 Å². The number of ether oxygens (including phenoxy) is 1. The number of aromatic nitrogens is 2. The molecule has 1 heterocycles. The second kappa shape index (κ2) is 6.21. The molecule has 0 aliphatic carbocycles. The Balaban J connectivity index is 1.94. The summed E-state index contributed by atoms with van der Waals surface area (Å²) >= 11 is 0. The Bertz CT molecular complexity index is 646. The van der Waals surface area contributed by atoms with Crippen molar-refractivity contribution in [2.75, 3.05) is 0 Å². The van der Waals surface area contributed by atoms with Crippen LogP contribution in [0.3, 0.4) is 0 Å². The SMILES string of the molecule is CC(OC(=O)Cc1cnn(C)c1)C(=O)c1ccc(O)cc1. The zero-order valence-electron chi connectivity index (χ0n) is 11.8. The van der Waals surface area contributed by atoms with Gasteiger partial charge in [-0.15, -0.1) is 0 Å². The van der Waals surface area contributed by atoms with Crippen LogP contribution in [0.1, 0.15) is 22.8 Å². The van der Waals surface area contributed by atoms with E-state index in [0.717, 1.165) is 5.56 Å². The Kier molecular flexibility index (Phi) is 4.37. The average molecular weight is 288 g/mol. The molecule has 0 fully saturated rings. The molecular formula is C15H16N2O4. The Morgan fingerprint density at radius 1 is 1.33 bits per heavy atom. The fourth-order valence-corrected chi connectivity index (χ4v) is 1.88. The molecule has 110 valence electrons. The Morgan fingerprint density at radius 2 is 2.00 bits per heavy atom. The molecule has 0 bridgehead atoms. The van der Waals surface area contributed by atoms with Crippen molar-refractivity contribution < 1.29 is 19.4 Å². The van der Waals surface area contributed by atoms with Gasteiger partial charge in [0.25, 0.3) is 0 Å². The van der Waals surface area contributed by atoms with Crippen molar-refractivity contribution in [3.05, 3.63) is 47.8 Å². The van der Waals surface area contributed by atoms with Crippen LogP contribution in [0.15, 0.2) is 36.7 Å². The summed E-state index contributed by atoms with van der Waals surface area (Å²) in [7, 11) is 1.76. The number of aryl methyl sites for hydroxylation is 1. The van der Waals surface area contributed by atoms with Crippen LogP contribution in [0, 0.1) is 0 Å². The number of hydrogen-bond acceptors (Lipinski definition) is 5. The molecule has 1 N–H and O–H groups in total. The van der Waals surface area contributed by atoms with E-state index in [0.29, 0.717) is 5.56 Å². The largest absolute Gasteiger partial charge is 0.508 e. The molecule has 2 rings (SSSR count). The Hall–Kier alpha value is -2.63. The van der Waals surface area contributed by atoms with Gasteiger partial charge in [0.2, 0.25) is 5.78 Å². The lowest BCUT2D eigenvalue weighted by atomic mass is 10.1. The number of carbonyl (C=O) groups excluding carboxylic acids is 2. The van der Waals surface area contributed by atoms with E-state index in [1.165, 1.54) is 31.2 Å². The molecule has 6 nitrogen and oxygen atoms in total. The van der Waals surface area contributed by atoms with Gasteiger partial charge in [-0.1, -0.05) is 0 Å². The number of phenolic OH excluding ortho intramolecular Hbond substituents is 1. The molecule has 1 unspecified atom stereocenters. The maximum atomic E-state index is 12.1. The van der Waals surface area contributed by atoms with Gasteiger partial charge in [0.05, 0.1) is 12.6 Å². The molecule has 1 atom stereocenters. The molecule has 0 amide bonds. The van der Waals surface area contributed by atoms with Crippen molar-refractivity contribution in [3.63, 3.8) is 0 Å². The summed E-state index contributed by atoms with van der Waals surface area (Å²) in [6.07, 6.45) is 2.49. The van der Waals surface area contributed by atoms with Crippen LogP contribution in [0.5, 0.6) is 5.75 Å². The van der Waals surface area contributed by atoms with Crippen molar-refractivity contribution in [1.82, 2.24) is 9.78 Å². The molecule has 1 aromatic carbocycles. The first kappa shape index (κ1) is 14.8. The van der Waals surface area contributed by atoms with Crippen molar-refractivity contribution in [1.29, 1.82) is 0 Å². The van der Waals surface area contributed by atoms with Gasteiger partial charge in [-0.2, -0.15) is 5.10 Å². The summed E-state index contributed by atoms with van der Waals surface area (Å²) in [4.78, 5) is 23.8. The van der Waals surface area contributed by atoms with Gasteiger partial charge in [-0.25, -0.2) is 0 Å². The smallest absolute Gasteiger partial charge is 0.311 e. The fourth-order valence-electron chi connectivity index (χ4n) is 1.88. The fraction of sp³-hybridized carbons (Fsp3) is 0.267. The lowest BCUT2D eigenvalue weighted by molar-refractivity contribution is -0.145. The van der Waals surface area contributed by atoms with Gasteiger partial charge in [0.15, 0.2) is 6.10 Å². The molecule has 6 heteroatoms. The summed E-state index contributed by atoms with van der Waals surface area (Å²) in [5.41, 5.74) is 1.11. The second-order valence-electron chi connectivity index (χ2n) is 4.74. The summed E-state index contributed by atoms with van der Waals surface area (Å²) in [6, 6.07) is 5.81. The van der Waals surface area contributed by atoms with Crippen LogP contribution in [0.2, 0.25) is 0 Å². The number of ketones is 1. The maximum absolute atomic E-state index is 12.1. The van der Waals surface area contributed by atoms with E-state index < -0.39 is 12.1 Å². The lowest BCUT2D eigenvalue weighted by Gasteiger charge is -2.12. The first-order valence-electron chi connectivity index (χ1n) is 6.46. The monoisotopic (exact) mass is 288 g/mol. The third-order valence-corrected chi connectivity index (χ3v) is 2.94. The second-order valence-corrected chi connectivity index (χ2v) is 4.74. The highest BCUT2D eigenvalue weighted by molar-refractivity contribution is 6.00. The number of hydrogen-bond donors (Lipinski definition) is 1. The minimum atomic E-state index is -0.876. The molecular weight excluding hydrogens is 272 g/mol. The van der Waals surface area contributed by atoms with Crippen molar-refractivity contribution in [3.8, 4) is 5.75 Å². The van der Waals surface area contributed by atoms with E-state index in [1.54, 1.807) is 24.1 Å². The number of carbonyl (C=O) groups is 2. The summed E-state index contributed by atoms with van der Waals surface area (Å²) in [5.74, 6) is -0.718. The predicted octanol–water partition coefficient (Wildman–Crippen LogP) is 1.48. The molecule has 2 aromatic rings. The molecule has 21 heavy (non-hydrogen) atoms. The normalized spacial score (nSPS) is 11.9. The number of esters is 1. The number of rotatable bonds is 5. The van der Waals surface area contributed by atoms with Crippen LogP contribution < -0.4 is 0 Å². The Labute approximate surface area is 122 Å². The highest BCUT2D eigenvalue weighted by atomic mass is 16.5. The minimum absolute atomic E-state index is 0.0705. The number of Topliss-reactive ketones (excluding diaryl/α,β-unsaturated/α-hetero) is 1. The van der Waals surface area contributed by atoms with Crippen molar-refractivity contribution in [2.45, 2.75) is 19.4 Å². The van der Waals surface area contributed by atoms with Gasteiger partial charge in [-0.05, 0) is 31.2 Å². The topological polar surface area (TPSA) is 81.4 Å². The van der Waals surface area contributed by atoms with E-state index >= 15 is 0 Å².